The van der Waals surface area contributed by atoms with Crippen LogP contribution in [0.3, 0.4) is 0 Å². The lowest BCUT2D eigenvalue weighted by Crippen LogP contribution is -2.21. The molecule has 3 aromatic rings. The van der Waals surface area contributed by atoms with E-state index < -0.39 is 46.6 Å². The highest BCUT2D eigenvalue weighted by molar-refractivity contribution is 6.06. The van der Waals surface area contributed by atoms with Crippen molar-refractivity contribution in [2.24, 2.45) is 7.05 Å². The molecule has 7 nitrogen and oxygen atoms in total. The first-order valence-electron chi connectivity index (χ1n) is 9.65. The minimum absolute atomic E-state index is 0.0282. The zero-order chi connectivity index (χ0) is 25.0. The van der Waals surface area contributed by atoms with E-state index in [1.54, 1.807) is 0 Å². The second-order valence-corrected chi connectivity index (χ2v) is 7.57. The molecule has 1 aliphatic heterocycles. The van der Waals surface area contributed by atoms with Gasteiger partial charge < -0.3 is 10.2 Å². The normalized spacial score (nSPS) is 13.9. The van der Waals surface area contributed by atoms with E-state index in [4.69, 9.17) is 0 Å². The Hall–Kier alpha value is -3.90. The molecule has 0 aliphatic carbocycles. The van der Waals surface area contributed by atoms with Gasteiger partial charge in [0.15, 0.2) is 0 Å². The fourth-order valence-corrected chi connectivity index (χ4v) is 3.79. The number of hydrogen-bond donors (Lipinski definition) is 1. The third-order valence-electron chi connectivity index (χ3n) is 5.26. The molecule has 0 saturated heterocycles. The Kier molecular flexibility index (Phi) is 5.37. The summed E-state index contributed by atoms with van der Waals surface area (Å²) in [5.41, 5.74) is -3.96. The van der Waals surface area contributed by atoms with Gasteiger partial charge in [-0.15, -0.1) is 0 Å². The van der Waals surface area contributed by atoms with Gasteiger partial charge in [-0.3, -0.25) is 19.3 Å². The number of hydrogen-bond acceptors (Lipinski definition) is 4. The summed E-state index contributed by atoms with van der Waals surface area (Å²) in [6.45, 7) is 0.0526. The number of amides is 2. The van der Waals surface area contributed by atoms with Crippen LogP contribution in [0, 0.1) is 0 Å². The van der Waals surface area contributed by atoms with Gasteiger partial charge in [-0.25, -0.2) is 0 Å². The third kappa shape index (κ3) is 3.97. The summed E-state index contributed by atoms with van der Waals surface area (Å²) in [4.78, 5) is 29.6. The summed E-state index contributed by atoms with van der Waals surface area (Å²) in [5, 5.41) is 5.96. The number of carbonyl (C=O) groups excluding carboxylic acids is 2. The second-order valence-electron chi connectivity index (χ2n) is 7.57. The Bertz CT molecular complexity index is 1310. The van der Waals surface area contributed by atoms with Crippen molar-refractivity contribution in [3.05, 3.63) is 64.6 Å². The molecule has 0 unspecified atom stereocenters. The Morgan fingerprint density at radius 2 is 1.71 bits per heavy atom. The van der Waals surface area contributed by atoms with E-state index in [9.17, 15) is 35.9 Å². The number of carbonyl (C=O) groups is 2. The van der Waals surface area contributed by atoms with Crippen molar-refractivity contribution >= 4 is 17.5 Å². The maximum absolute atomic E-state index is 14.2. The van der Waals surface area contributed by atoms with Crippen LogP contribution in [-0.4, -0.2) is 38.5 Å². The molecule has 0 bridgehead atoms. The average Bonchev–Trinajstić information content (AvgIpc) is 3.24. The standard InChI is InChI=1S/C21H15F6N5O2/c1-31-9-13-11(4-3-5-12(13)19(31)34)16-15(21(25,26)27)17(32(2)30-16)18(33)29-10-6-7-28-14(8-10)20(22,23)24/h3-8H,9H2,1-2H3,(H,28,29,33). The number of pyridine rings is 1. The van der Waals surface area contributed by atoms with Crippen molar-refractivity contribution in [1.82, 2.24) is 19.7 Å². The number of rotatable bonds is 3. The molecular weight excluding hydrogens is 468 g/mol. The van der Waals surface area contributed by atoms with Crippen LogP contribution in [0.15, 0.2) is 36.5 Å². The largest absolute Gasteiger partial charge is 0.433 e. The van der Waals surface area contributed by atoms with Gasteiger partial charge in [0.25, 0.3) is 11.8 Å². The molecule has 13 heteroatoms. The molecule has 178 valence electrons. The van der Waals surface area contributed by atoms with Gasteiger partial charge in [-0.1, -0.05) is 12.1 Å². The van der Waals surface area contributed by atoms with Gasteiger partial charge >= 0.3 is 12.4 Å². The van der Waals surface area contributed by atoms with Crippen molar-refractivity contribution in [3.8, 4) is 11.3 Å². The van der Waals surface area contributed by atoms with Crippen LogP contribution in [-0.2, 0) is 25.9 Å². The minimum Gasteiger partial charge on any atom is -0.337 e. The summed E-state index contributed by atoms with van der Waals surface area (Å²) in [7, 11) is 2.61. The fourth-order valence-electron chi connectivity index (χ4n) is 3.79. The zero-order valence-electron chi connectivity index (χ0n) is 17.5. The number of anilines is 1. The molecule has 2 amide bonds. The Labute approximate surface area is 188 Å². The molecule has 34 heavy (non-hydrogen) atoms. The van der Waals surface area contributed by atoms with Gasteiger partial charge in [-0.2, -0.15) is 31.4 Å². The molecule has 2 aromatic heterocycles. The molecule has 1 aliphatic rings. The highest BCUT2D eigenvalue weighted by Crippen LogP contribution is 2.42. The van der Waals surface area contributed by atoms with E-state index in [1.165, 1.54) is 30.1 Å². The number of fused-ring (bicyclic) bond motifs is 1. The van der Waals surface area contributed by atoms with Crippen LogP contribution in [0.4, 0.5) is 32.0 Å². The number of nitrogens with one attached hydrogen (secondary N) is 1. The number of alkyl halides is 6. The SMILES string of the molecule is CN1Cc2c(cccc2-c2nn(C)c(C(=O)Nc3ccnc(C(F)(F)F)c3)c2C(F)(F)F)C1=O. The Balaban J connectivity index is 1.82. The summed E-state index contributed by atoms with van der Waals surface area (Å²) >= 11 is 0. The fraction of sp³-hybridized carbons (Fsp3) is 0.238. The van der Waals surface area contributed by atoms with Gasteiger partial charge in [-0.05, 0) is 23.8 Å². The van der Waals surface area contributed by atoms with Gasteiger partial charge in [0.1, 0.15) is 22.6 Å². The molecule has 1 aromatic carbocycles. The number of nitrogens with zero attached hydrogens (tertiary/aromatic N) is 4. The van der Waals surface area contributed by atoms with E-state index in [0.717, 1.165) is 19.3 Å². The summed E-state index contributed by atoms with van der Waals surface area (Å²) in [6.07, 6.45) is -9.07. The molecule has 4 rings (SSSR count). The topological polar surface area (TPSA) is 80.1 Å². The van der Waals surface area contributed by atoms with Crippen LogP contribution in [0.5, 0.6) is 0 Å². The highest BCUT2D eigenvalue weighted by atomic mass is 19.4. The zero-order valence-corrected chi connectivity index (χ0v) is 17.5. The van der Waals surface area contributed by atoms with Crippen molar-refractivity contribution < 1.29 is 35.9 Å². The van der Waals surface area contributed by atoms with Crippen molar-refractivity contribution in [1.29, 1.82) is 0 Å². The van der Waals surface area contributed by atoms with Crippen LogP contribution >= 0.6 is 0 Å². The van der Waals surface area contributed by atoms with Crippen molar-refractivity contribution in [2.75, 3.05) is 12.4 Å². The lowest BCUT2D eigenvalue weighted by Gasteiger charge is -2.13. The lowest BCUT2D eigenvalue weighted by molar-refractivity contribution is -0.141. The maximum Gasteiger partial charge on any atom is 0.433 e. The predicted molar refractivity (Wildman–Crippen MR) is 107 cm³/mol. The molecule has 0 spiro atoms. The van der Waals surface area contributed by atoms with E-state index in [0.29, 0.717) is 16.3 Å². The van der Waals surface area contributed by atoms with Crippen LogP contribution < -0.4 is 5.32 Å². The molecule has 1 N–H and O–H groups in total. The smallest absolute Gasteiger partial charge is 0.337 e. The molecular formula is C21H15F6N5O2. The minimum atomic E-state index is -5.04. The summed E-state index contributed by atoms with van der Waals surface area (Å²) in [5.74, 6) is -1.67. The van der Waals surface area contributed by atoms with E-state index in [1.807, 2.05) is 0 Å². The van der Waals surface area contributed by atoms with Crippen molar-refractivity contribution in [2.45, 2.75) is 18.9 Å². The average molecular weight is 483 g/mol. The summed E-state index contributed by atoms with van der Waals surface area (Å²) in [6, 6.07) is 5.78. The number of aromatic nitrogens is 3. The van der Waals surface area contributed by atoms with Crippen LogP contribution in [0.1, 0.15) is 37.7 Å². The van der Waals surface area contributed by atoms with E-state index in [-0.39, 0.29) is 23.6 Å². The number of halogens is 6. The molecule has 3 heterocycles. The second kappa shape index (κ2) is 7.85. The third-order valence-corrected chi connectivity index (χ3v) is 5.26. The first-order valence-corrected chi connectivity index (χ1v) is 9.65. The van der Waals surface area contributed by atoms with E-state index in [2.05, 4.69) is 15.4 Å². The number of aryl methyl sites for hydroxylation is 1. The quantitative estimate of drug-likeness (QED) is 0.562. The first-order chi connectivity index (χ1) is 15.8. The molecule has 0 atom stereocenters. The van der Waals surface area contributed by atoms with Gasteiger partial charge in [0.2, 0.25) is 0 Å². The summed E-state index contributed by atoms with van der Waals surface area (Å²) < 4.78 is 81.9. The van der Waals surface area contributed by atoms with Crippen LogP contribution in [0.2, 0.25) is 0 Å². The molecule has 0 saturated carbocycles. The first kappa shape index (κ1) is 23.3. The Morgan fingerprint density at radius 1 is 1.03 bits per heavy atom. The predicted octanol–water partition coefficient (Wildman–Crippen LogP) is 4.36. The van der Waals surface area contributed by atoms with E-state index >= 15 is 0 Å². The van der Waals surface area contributed by atoms with Crippen molar-refractivity contribution in [3.63, 3.8) is 0 Å². The van der Waals surface area contributed by atoms with Gasteiger partial charge in [0.05, 0.1) is 0 Å². The monoisotopic (exact) mass is 483 g/mol. The molecule has 0 radical (unpaired) electrons. The Morgan fingerprint density at radius 3 is 2.35 bits per heavy atom. The lowest BCUT2D eigenvalue weighted by atomic mass is 9.97. The molecule has 0 fully saturated rings. The number of benzene rings is 1. The van der Waals surface area contributed by atoms with Crippen LogP contribution in [0.25, 0.3) is 11.3 Å². The highest BCUT2D eigenvalue weighted by Gasteiger charge is 2.43. The maximum atomic E-state index is 14.2. The van der Waals surface area contributed by atoms with Gasteiger partial charge in [0, 0.05) is 43.7 Å².